The van der Waals surface area contributed by atoms with Crippen LogP contribution in [0.25, 0.3) is 0 Å². The smallest absolute Gasteiger partial charge is 0.241 e. The van der Waals surface area contributed by atoms with E-state index in [1.807, 2.05) is 30.3 Å². The fourth-order valence-corrected chi connectivity index (χ4v) is 3.24. The highest BCUT2D eigenvalue weighted by Gasteiger charge is 2.24. The lowest BCUT2D eigenvalue weighted by atomic mass is 10.2. The number of rotatable bonds is 7. The lowest BCUT2D eigenvalue weighted by Gasteiger charge is -2.24. The number of benzene rings is 2. The summed E-state index contributed by atoms with van der Waals surface area (Å²) in [5.41, 5.74) is 1.13. The summed E-state index contributed by atoms with van der Waals surface area (Å²) in [6.07, 6.45) is 1.03. The molecule has 0 radical (unpaired) electrons. The highest BCUT2D eigenvalue weighted by Crippen LogP contribution is 2.32. The van der Waals surface area contributed by atoms with Crippen LogP contribution in [0.5, 0.6) is 5.75 Å². The van der Waals surface area contributed by atoms with Gasteiger partial charge in [0.25, 0.3) is 0 Å². The monoisotopic (exact) mass is 382 g/mol. The molecule has 0 aliphatic carbocycles. The predicted octanol–water partition coefficient (Wildman–Crippen LogP) is 2.43. The van der Waals surface area contributed by atoms with Gasteiger partial charge in [-0.1, -0.05) is 41.9 Å². The van der Waals surface area contributed by atoms with Crippen LogP contribution < -0.4 is 14.4 Å². The van der Waals surface area contributed by atoms with E-state index < -0.39 is 15.9 Å². The average molecular weight is 383 g/mol. The number of carbonyl (C=O) groups is 1. The number of nitrogens with one attached hydrogen (secondary N) is 1. The number of halogens is 1. The van der Waals surface area contributed by atoms with Gasteiger partial charge >= 0.3 is 0 Å². The van der Waals surface area contributed by atoms with Crippen LogP contribution in [-0.2, 0) is 21.4 Å². The van der Waals surface area contributed by atoms with Crippen LogP contribution in [0.1, 0.15) is 5.56 Å². The summed E-state index contributed by atoms with van der Waals surface area (Å²) in [7, 11) is -2.29. The second-order valence-corrected chi connectivity index (χ2v) is 7.69. The van der Waals surface area contributed by atoms with Gasteiger partial charge in [-0.2, -0.15) is 0 Å². The number of sulfonamides is 1. The largest absolute Gasteiger partial charge is 0.495 e. The number of hydrogen-bond donors (Lipinski definition) is 1. The van der Waals surface area contributed by atoms with Gasteiger partial charge in [-0.15, -0.1) is 0 Å². The third-order valence-corrected chi connectivity index (χ3v) is 4.79. The molecule has 0 heterocycles. The molecule has 0 spiro atoms. The van der Waals surface area contributed by atoms with E-state index in [-0.39, 0.29) is 12.2 Å². The third-order valence-electron chi connectivity index (χ3n) is 3.43. The molecule has 2 aromatic carbocycles. The number of carbonyl (C=O) groups excluding carboxylic acids is 1. The van der Waals surface area contributed by atoms with Crippen LogP contribution in [0.4, 0.5) is 5.69 Å². The van der Waals surface area contributed by atoms with Gasteiger partial charge in [-0.05, 0) is 23.8 Å². The van der Waals surface area contributed by atoms with Crippen molar-refractivity contribution in [3.63, 3.8) is 0 Å². The molecule has 0 aromatic heterocycles. The normalized spacial score (nSPS) is 11.0. The highest BCUT2D eigenvalue weighted by molar-refractivity contribution is 7.92. The topological polar surface area (TPSA) is 75.7 Å². The number of methoxy groups -OCH3 is 1. The van der Waals surface area contributed by atoms with Gasteiger partial charge in [-0.3, -0.25) is 9.10 Å². The number of nitrogens with zero attached hydrogens (tertiary/aromatic N) is 1. The van der Waals surface area contributed by atoms with Crippen molar-refractivity contribution >= 4 is 33.2 Å². The fraction of sp³-hybridized carbons (Fsp3) is 0.235. The summed E-state index contributed by atoms with van der Waals surface area (Å²) in [6, 6.07) is 13.9. The first-order chi connectivity index (χ1) is 11.8. The molecular weight excluding hydrogens is 364 g/mol. The lowest BCUT2D eigenvalue weighted by Crippen LogP contribution is -2.40. The molecule has 0 fully saturated rings. The Balaban J connectivity index is 2.19. The molecule has 1 amide bonds. The molecule has 8 heteroatoms. The summed E-state index contributed by atoms with van der Waals surface area (Å²) in [5.74, 6) is -0.123. The second kappa shape index (κ2) is 8.22. The van der Waals surface area contributed by atoms with Crippen molar-refractivity contribution in [2.45, 2.75) is 6.54 Å². The maximum atomic E-state index is 12.2. The first kappa shape index (κ1) is 19.1. The van der Waals surface area contributed by atoms with Crippen molar-refractivity contribution in [2.24, 2.45) is 0 Å². The van der Waals surface area contributed by atoms with Crippen LogP contribution in [0.15, 0.2) is 48.5 Å². The van der Waals surface area contributed by atoms with Gasteiger partial charge < -0.3 is 10.1 Å². The van der Waals surface area contributed by atoms with Gasteiger partial charge in [0, 0.05) is 11.6 Å². The first-order valence-corrected chi connectivity index (χ1v) is 9.66. The number of hydrogen-bond acceptors (Lipinski definition) is 4. The summed E-state index contributed by atoms with van der Waals surface area (Å²) in [6.45, 7) is -0.0632. The van der Waals surface area contributed by atoms with Crippen molar-refractivity contribution in [2.75, 3.05) is 24.2 Å². The Kier molecular flexibility index (Phi) is 6.27. The van der Waals surface area contributed by atoms with E-state index in [9.17, 15) is 13.2 Å². The highest BCUT2D eigenvalue weighted by atomic mass is 35.5. The minimum atomic E-state index is -3.71. The molecule has 0 bridgehead atoms. The molecule has 0 aliphatic rings. The molecular formula is C17H19ClN2O4S. The van der Waals surface area contributed by atoms with E-state index in [4.69, 9.17) is 16.3 Å². The van der Waals surface area contributed by atoms with E-state index in [0.717, 1.165) is 16.1 Å². The maximum Gasteiger partial charge on any atom is 0.241 e. The van der Waals surface area contributed by atoms with Crippen molar-refractivity contribution in [1.82, 2.24) is 5.32 Å². The van der Waals surface area contributed by atoms with Crippen molar-refractivity contribution in [1.29, 1.82) is 0 Å². The van der Waals surface area contributed by atoms with Crippen LogP contribution in [-0.4, -0.2) is 34.2 Å². The quantitative estimate of drug-likeness (QED) is 0.798. The average Bonchev–Trinajstić information content (AvgIpc) is 2.57. The van der Waals surface area contributed by atoms with Gasteiger partial charge in [0.05, 0.1) is 19.1 Å². The Morgan fingerprint density at radius 2 is 1.88 bits per heavy atom. The Hall–Kier alpha value is -2.25. The van der Waals surface area contributed by atoms with Gasteiger partial charge in [0.1, 0.15) is 12.3 Å². The molecule has 0 unspecified atom stereocenters. The summed E-state index contributed by atoms with van der Waals surface area (Å²) < 4.78 is 30.5. The molecule has 2 aromatic rings. The molecule has 25 heavy (non-hydrogen) atoms. The molecule has 2 rings (SSSR count). The van der Waals surface area contributed by atoms with Crippen molar-refractivity contribution < 1.29 is 17.9 Å². The molecule has 134 valence electrons. The van der Waals surface area contributed by atoms with E-state index in [0.29, 0.717) is 17.3 Å². The Labute approximate surface area is 152 Å². The van der Waals surface area contributed by atoms with Crippen LogP contribution in [0.3, 0.4) is 0 Å². The zero-order valence-corrected chi connectivity index (χ0v) is 15.5. The van der Waals surface area contributed by atoms with E-state index in [2.05, 4.69) is 5.32 Å². The second-order valence-electron chi connectivity index (χ2n) is 5.35. The van der Waals surface area contributed by atoms with Crippen LogP contribution in [0.2, 0.25) is 5.02 Å². The lowest BCUT2D eigenvalue weighted by molar-refractivity contribution is -0.119. The minimum Gasteiger partial charge on any atom is -0.495 e. The van der Waals surface area contributed by atoms with Crippen molar-refractivity contribution in [3.8, 4) is 5.75 Å². The molecule has 6 nitrogen and oxygen atoms in total. The molecule has 0 saturated carbocycles. The molecule has 1 N–H and O–H groups in total. The van der Waals surface area contributed by atoms with Gasteiger partial charge in [-0.25, -0.2) is 8.42 Å². The standard InChI is InChI=1S/C17H19ClN2O4S/c1-24-16-9-8-14(18)10-15(16)20(25(2,22)23)12-17(21)19-11-13-6-4-3-5-7-13/h3-10H,11-12H2,1-2H3,(H,19,21). The number of ether oxygens (including phenoxy) is 1. The minimum absolute atomic E-state index is 0.215. The zero-order chi connectivity index (χ0) is 18.4. The van der Waals surface area contributed by atoms with Gasteiger partial charge in [0.15, 0.2) is 0 Å². The van der Waals surface area contributed by atoms with Crippen LogP contribution >= 0.6 is 11.6 Å². The molecule has 0 saturated heterocycles. The van der Waals surface area contributed by atoms with E-state index >= 15 is 0 Å². The summed E-state index contributed by atoms with van der Waals surface area (Å²) in [4.78, 5) is 12.2. The molecule has 0 aliphatic heterocycles. The summed E-state index contributed by atoms with van der Waals surface area (Å²) >= 11 is 5.97. The maximum absolute atomic E-state index is 12.2. The number of amides is 1. The first-order valence-electron chi connectivity index (χ1n) is 7.43. The predicted molar refractivity (Wildman–Crippen MR) is 98.5 cm³/mol. The van der Waals surface area contributed by atoms with E-state index in [1.165, 1.54) is 13.2 Å². The third kappa shape index (κ3) is 5.37. The Bertz CT molecular complexity index is 841. The zero-order valence-electron chi connectivity index (χ0n) is 13.9. The molecule has 0 atom stereocenters. The SMILES string of the molecule is COc1ccc(Cl)cc1N(CC(=O)NCc1ccccc1)S(C)(=O)=O. The van der Waals surface area contributed by atoms with Crippen molar-refractivity contribution in [3.05, 3.63) is 59.1 Å². The Morgan fingerprint density at radius 1 is 1.20 bits per heavy atom. The van der Waals surface area contributed by atoms with Crippen LogP contribution in [0, 0.1) is 0 Å². The van der Waals surface area contributed by atoms with Gasteiger partial charge in [0.2, 0.25) is 15.9 Å². The number of anilines is 1. The van der Waals surface area contributed by atoms with E-state index in [1.54, 1.807) is 12.1 Å². The fourth-order valence-electron chi connectivity index (χ4n) is 2.22. The summed E-state index contributed by atoms with van der Waals surface area (Å²) in [5, 5.41) is 3.05. The Morgan fingerprint density at radius 3 is 2.48 bits per heavy atom.